The first-order chi connectivity index (χ1) is 35.7. The molecule has 1 aliphatic rings. The molecule has 8 unspecified atom stereocenters. The highest BCUT2D eigenvalue weighted by Crippen LogP contribution is 2.26. The molecule has 0 aliphatic carbocycles. The highest BCUT2D eigenvalue weighted by atomic mass is 16.7. The van der Waals surface area contributed by atoms with Gasteiger partial charge >= 0.3 is 5.97 Å². The molecule has 73 heavy (non-hydrogen) atoms. The van der Waals surface area contributed by atoms with Crippen LogP contribution in [0.1, 0.15) is 233 Å². The summed E-state index contributed by atoms with van der Waals surface area (Å²) in [6, 6.07) is -1.05. The minimum absolute atomic E-state index is 0.117. The largest absolute Gasteiger partial charge is 0.454 e. The van der Waals surface area contributed by atoms with Crippen molar-refractivity contribution in [2.75, 3.05) is 13.2 Å². The fourth-order valence-electron chi connectivity index (χ4n) is 8.80. The number of amides is 1. The van der Waals surface area contributed by atoms with Crippen LogP contribution in [0.25, 0.3) is 0 Å². The fraction of sp³-hybridized carbons (Fsp3) is 0.742. The van der Waals surface area contributed by atoms with Crippen LogP contribution in [0, 0.1) is 0 Å². The van der Waals surface area contributed by atoms with Gasteiger partial charge in [0.1, 0.15) is 24.4 Å². The average molecular weight is 1030 g/mol. The third kappa shape index (κ3) is 38.1. The number of esters is 1. The number of aliphatic hydroxyl groups excluding tert-OH is 5. The Morgan fingerprint density at radius 1 is 0.548 bits per heavy atom. The van der Waals surface area contributed by atoms with Crippen LogP contribution in [0.15, 0.2) is 85.1 Å². The van der Waals surface area contributed by atoms with Gasteiger partial charge in [0.05, 0.1) is 25.4 Å². The van der Waals surface area contributed by atoms with Crippen molar-refractivity contribution in [3.05, 3.63) is 85.1 Å². The first-order valence-corrected chi connectivity index (χ1v) is 29.4. The maximum absolute atomic E-state index is 13.4. The van der Waals surface area contributed by atoms with Gasteiger partial charge in [0, 0.05) is 6.42 Å². The van der Waals surface area contributed by atoms with E-state index in [9.17, 15) is 35.1 Å². The zero-order valence-electron chi connectivity index (χ0n) is 46.2. The third-order valence-electron chi connectivity index (χ3n) is 13.5. The van der Waals surface area contributed by atoms with Crippen molar-refractivity contribution < 1.29 is 49.3 Å². The molecule has 1 aliphatic heterocycles. The van der Waals surface area contributed by atoms with Crippen molar-refractivity contribution in [1.82, 2.24) is 5.32 Å². The zero-order chi connectivity index (χ0) is 53.3. The van der Waals surface area contributed by atoms with Crippen LogP contribution in [0.3, 0.4) is 0 Å². The zero-order valence-corrected chi connectivity index (χ0v) is 46.2. The van der Waals surface area contributed by atoms with Gasteiger partial charge in [-0.05, 0) is 44.9 Å². The molecule has 11 heteroatoms. The topological polar surface area (TPSA) is 175 Å². The van der Waals surface area contributed by atoms with Crippen LogP contribution in [0.4, 0.5) is 0 Å². The Morgan fingerprint density at radius 3 is 1.48 bits per heavy atom. The Balaban J connectivity index is 2.78. The SMILES string of the molecule is CC\C=C/C=C/C=C/C=C\C=C\C=C\CCCCC(O)C(=O)NC(COC1OC(CO)C(O)C(O)C1OC(=O)CCCCCCCCCCCCCCCCC)C(O)/C=C/CCCCCCCCCCCCC. The Bertz CT molecular complexity index is 1510. The summed E-state index contributed by atoms with van der Waals surface area (Å²) in [5.41, 5.74) is 0. The van der Waals surface area contributed by atoms with Crippen LogP contribution in [0.2, 0.25) is 0 Å². The number of hydrogen-bond acceptors (Lipinski definition) is 10. The van der Waals surface area contributed by atoms with E-state index in [1.54, 1.807) is 6.08 Å². The lowest BCUT2D eigenvalue weighted by atomic mass is 9.99. The molecular weight excluding hydrogens is 919 g/mol. The lowest BCUT2D eigenvalue weighted by Crippen LogP contribution is -2.61. The average Bonchev–Trinajstić information content (AvgIpc) is 3.39. The second kappa shape index (κ2) is 49.7. The molecule has 420 valence electrons. The van der Waals surface area contributed by atoms with E-state index in [0.717, 1.165) is 64.2 Å². The molecule has 0 aromatic heterocycles. The number of rotatable bonds is 48. The van der Waals surface area contributed by atoms with Crippen molar-refractivity contribution in [3.8, 4) is 0 Å². The highest BCUT2D eigenvalue weighted by Gasteiger charge is 2.47. The number of carbonyl (C=O) groups is 2. The van der Waals surface area contributed by atoms with E-state index in [4.69, 9.17) is 14.2 Å². The predicted molar refractivity (Wildman–Crippen MR) is 301 cm³/mol. The van der Waals surface area contributed by atoms with Gasteiger partial charge in [0.25, 0.3) is 0 Å². The summed E-state index contributed by atoms with van der Waals surface area (Å²) in [6.45, 7) is 5.61. The number of hydrogen-bond donors (Lipinski definition) is 6. The van der Waals surface area contributed by atoms with Gasteiger partial charge in [0.15, 0.2) is 12.4 Å². The fourth-order valence-corrected chi connectivity index (χ4v) is 8.80. The van der Waals surface area contributed by atoms with Gasteiger partial charge in [-0.1, -0.05) is 266 Å². The number of ether oxygens (including phenoxy) is 3. The molecule has 1 rings (SSSR count). The van der Waals surface area contributed by atoms with Crippen LogP contribution in [-0.2, 0) is 23.8 Å². The van der Waals surface area contributed by atoms with Gasteiger partial charge < -0.3 is 45.1 Å². The summed E-state index contributed by atoms with van der Waals surface area (Å²) < 4.78 is 17.6. The summed E-state index contributed by atoms with van der Waals surface area (Å²) in [5, 5.41) is 56.8. The third-order valence-corrected chi connectivity index (χ3v) is 13.5. The highest BCUT2D eigenvalue weighted by molar-refractivity contribution is 5.80. The maximum Gasteiger partial charge on any atom is 0.306 e. The van der Waals surface area contributed by atoms with Gasteiger partial charge in [0.2, 0.25) is 5.91 Å². The second-order valence-electron chi connectivity index (χ2n) is 20.2. The summed E-state index contributed by atoms with van der Waals surface area (Å²) >= 11 is 0. The quantitative estimate of drug-likeness (QED) is 0.0149. The van der Waals surface area contributed by atoms with E-state index in [2.05, 4.69) is 32.2 Å². The van der Waals surface area contributed by atoms with Crippen LogP contribution in [0.5, 0.6) is 0 Å². The summed E-state index contributed by atoms with van der Waals surface area (Å²) in [7, 11) is 0. The number of allylic oxidation sites excluding steroid dienone is 13. The number of unbranched alkanes of at least 4 members (excludes halogenated alkanes) is 27. The van der Waals surface area contributed by atoms with Gasteiger partial charge in [-0.3, -0.25) is 9.59 Å². The van der Waals surface area contributed by atoms with E-state index in [0.29, 0.717) is 12.8 Å². The minimum atomic E-state index is -1.62. The monoisotopic (exact) mass is 1030 g/mol. The van der Waals surface area contributed by atoms with Gasteiger partial charge in [-0.15, -0.1) is 0 Å². The molecule has 0 radical (unpaired) electrons. The number of aliphatic hydroxyl groups is 5. The minimum Gasteiger partial charge on any atom is -0.454 e. The molecule has 0 aromatic rings. The van der Waals surface area contributed by atoms with E-state index in [1.165, 1.54) is 122 Å². The summed E-state index contributed by atoms with van der Waals surface area (Å²) in [4.78, 5) is 26.5. The standard InChI is InChI=1S/C62H107NO10/c1-4-7-10-13-16-19-22-25-27-29-31-34-37-40-43-46-49-55(66)61(70)63-53(54(65)48-45-42-39-36-33-30-24-21-18-15-12-9-6-3)52-71-62-60(59(69)58(68)56(51-64)72-62)73-57(67)50-47-44-41-38-35-32-28-26-23-20-17-14-11-8-5-2/h7,10,13,16,19,22,25,27,29,31,34,37,45,48,53-56,58-60,62,64-66,68-69H,4-6,8-9,11-12,14-15,17-18,20-21,23-24,26,28,30,32-33,35-36,38-44,46-47,49-52H2,1-3H3,(H,63,70)/b10-7-,16-13+,22-19+,27-25-,31-29+,37-34+,48-45+. The van der Waals surface area contributed by atoms with Crippen molar-refractivity contribution >= 4 is 11.9 Å². The smallest absolute Gasteiger partial charge is 0.306 e. The maximum atomic E-state index is 13.4. The number of carbonyl (C=O) groups excluding carboxylic acids is 2. The Labute approximate surface area is 444 Å². The molecule has 0 aromatic carbocycles. The molecule has 0 bridgehead atoms. The predicted octanol–water partition coefficient (Wildman–Crippen LogP) is 13.4. The van der Waals surface area contributed by atoms with Crippen LogP contribution < -0.4 is 5.32 Å². The first kappa shape index (κ1) is 67.9. The van der Waals surface area contributed by atoms with Crippen LogP contribution in [-0.4, -0.2) is 99.6 Å². The summed E-state index contributed by atoms with van der Waals surface area (Å²) in [6.07, 6.45) is 53.3. The Hall–Kier alpha value is -3.16. The molecule has 8 atom stereocenters. The summed E-state index contributed by atoms with van der Waals surface area (Å²) in [5.74, 6) is -1.24. The van der Waals surface area contributed by atoms with E-state index < -0.39 is 67.4 Å². The second-order valence-corrected chi connectivity index (χ2v) is 20.2. The molecular formula is C62H107NO10. The lowest BCUT2D eigenvalue weighted by Gasteiger charge is -2.41. The van der Waals surface area contributed by atoms with E-state index in [-0.39, 0.29) is 19.4 Å². The van der Waals surface area contributed by atoms with Crippen molar-refractivity contribution in [2.24, 2.45) is 0 Å². The van der Waals surface area contributed by atoms with Gasteiger partial charge in [-0.25, -0.2) is 0 Å². The molecule has 1 amide bonds. The van der Waals surface area contributed by atoms with Crippen LogP contribution >= 0.6 is 0 Å². The van der Waals surface area contributed by atoms with E-state index >= 15 is 0 Å². The Morgan fingerprint density at radius 2 is 0.986 bits per heavy atom. The molecule has 1 fully saturated rings. The van der Waals surface area contributed by atoms with E-state index in [1.807, 2.05) is 72.9 Å². The molecule has 0 saturated carbocycles. The normalized spacial score (nSPS) is 20.0. The molecule has 1 saturated heterocycles. The van der Waals surface area contributed by atoms with Crippen molar-refractivity contribution in [2.45, 2.75) is 282 Å². The van der Waals surface area contributed by atoms with Crippen molar-refractivity contribution in [3.63, 3.8) is 0 Å². The molecule has 6 N–H and O–H groups in total. The van der Waals surface area contributed by atoms with Gasteiger partial charge in [-0.2, -0.15) is 0 Å². The lowest BCUT2D eigenvalue weighted by molar-refractivity contribution is -0.305. The molecule has 1 heterocycles. The Kier molecular flexibility index (Phi) is 46.2. The van der Waals surface area contributed by atoms with Crippen molar-refractivity contribution in [1.29, 1.82) is 0 Å². The first-order valence-electron chi connectivity index (χ1n) is 29.4. The molecule has 11 nitrogen and oxygen atoms in total. The molecule has 0 spiro atoms. The number of nitrogens with one attached hydrogen (secondary N) is 1.